The Labute approximate surface area is 109 Å². The van der Waals surface area contributed by atoms with Crippen molar-refractivity contribution < 1.29 is 14.9 Å². The lowest BCUT2D eigenvalue weighted by molar-refractivity contribution is -0.0425. The van der Waals surface area contributed by atoms with E-state index in [0.29, 0.717) is 23.5 Å². The van der Waals surface area contributed by atoms with Crippen LogP contribution in [0, 0.1) is 0 Å². The Kier molecular flexibility index (Phi) is 3.05. The van der Waals surface area contributed by atoms with E-state index < -0.39 is 18.4 Å². The number of aliphatic hydroxyl groups excluding tert-OH is 2. The summed E-state index contributed by atoms with van der Waals surface area (Å²) >= 11 is 0. The molecule has 2 aromatic rings. The van der Waals surface area contributed by atoms with Gasteiger partial charge in [-0.2, -0.15) is 0 Å². The molecule has 0 aromatic carbocycles. The average Bonchev–Trinajstić information content (AvgIpc) is 2.98. The van der Waals surface area contributed by atoms with E-state index in [1.54, 1.807) is 17.8 Å². The summed E-state index contributed by atoms with van der Waals surface area (Å²) in [6, 6.07) is 0. The zero-order valence-corrected chi connectivity index (χ0v) is 10.4. The molecule has 8 heteroatoms. The summed E-state index contributed by atoms with van der Waals surface area (Å²) < 4.78 is 7.41. The number of aromatic nitrogens is 4. The van der Waals surface area contributed by atoms with E-state index in [1.165, 1.54) is 6.33 Å². The quantitative estimate of drug-likeness (QED) is 0.687. The zero-order chi connectivity index (χ0) is 13.4. The number of rotatable bonds is 3. The van der Waals surface area contributed by atoms with Gasteiger partial charge in [0.2, 0.25) is 5.95 Å². The van der Waals surface area contributed by atoms with Crippen LogP contribution in [0.2, 0.25) is 0 Å². The number of ether oxygens (including phenoxy) is 1. The van der Waals surface area contributed by atoms with E-state index >= 15 is 0 Å². The average molecular weight is 265 g/mol. The summed E-state index contributed by atoms with van der Waals surface area (Å²) in [5.74, 6) is 0.589. The molecule has 1 aliphatic rings. The molecule has 1 saturated heterocycles. The standard InChI is InChI=1S/C11H15N5O3/c1-12-11-15-6-3-13-5-14-10(6)16(11)9-2-7(18)8(4-17)19-9/h3,5,7-9,17-18H,2,4H2,1H3,(H,12,15)/t7-,8+,9+/m1/s1. The summed E-state index contributed by atoms with van der Waals surface area (Å²) in [6.45, 7) is -0.214. The second-order valence-electron chi connectivity index (χ2n) is 4.40. The smallest absolute Gasteiger partial charge is 0.207 e. The van der Waals surface area contributed by atoms with Gasteiger partial charge in [-0.05, 0) is 0 Å². The van der Waals surface area contributed by atoms with E-state index in [-0.39, 0.29) is 6.61 Å². The van der Waals surface area contributed by atoms with E-state index in [2.05, 4.69) is 20.3 Å². The Morgan fingerprint density at radius 3 is 3.11 bits per heavy atom. The van der Waals surface area contributed by atoms with Gasteiger partial charge in [0.25, 0.3) is 0 Å². The van der Waals surface area contributed by atoms with Gasteiger partial charge in [-0.3, -0.25) is 4.57 Å². The molecule has 3 heterocycles. The van der Waals surface area contributed by atoms with Gasteiger partial charge in [-0.25, -0.2) is 15.0 Å². The van der Waals surface area contributed by atoms with E-state index in [1.807, 2.05) is 0 Å². The van der Waals surface area contributed by atoms with Crippen molar-refractivity contribution in [2.45, 2.75) is 24.9 Å². The molecule has 0 spiro atoms. The molecule has 0 aliphatic carbocycles. The first kappa shape index (κ1) is 12.3. The maximum atomic E-state index is 9.82. The molecule has 19 heavy (non-hydrogen) atoms. The minimum absolute atomic E-state index is 0.214. The summed E-state index contributed by atoms with van der Waals surface area (Å²) in [4.78, 5) is 12.5. The van der Waals surface area contributed by atoms with Crippen LogP contribution in [-0.4, -0.2) is 55.6 Å². The molecule has 1 fully saturated rings. The van der Waals surface area contributed by atoms with Crippen molar-refractivity contribution in [2.24, 2.45) is 0 Å². The van der Waals surface area contributed by atoms with Crippen LogP contribution >= 0.6 is 0 Å². The van der Waals surface area contributed by atoms with Gasteiger partial charge < -0.3 is 20.3 Å². The monoisotopic (exact) mass is 265 g/mol. The second-order valence-corrected chi connectivity index (χ2v) is 4.40. The molecule has 0 bridgehead atoms. The minimum Gasteiger partial charge on any atom is -0.394 e. The van der Waals surface area contributed by atoms with Crippen LogP contribution in [0.25, 0.3) is 11.2 Å². The normalized spacial score (nSPS) is 27.0. The van der Waals surface area contributed by atoms with E-state index in [4.69, 9.17) is 9.84 Å². The van der Waals surface area contributed by atoms with Crippen LogP contribution in [-0.2, 0) is 4.74 Å². The van der Waals surface area contributed by atoms with Crippen LogP contribution in [0.5, 0.6) is 0 Å². The molecule has 102 valence electrons. The molecule has 3 atom stereocenters. The fourth-order valence-corrected chi connectivity index (χ4v) is 2.34. The lowest BCUT2D eigenvalue weighted by atomic mass is 10.2. The van der Waals surface area contributed by atoms with E-state index in [0.717, 1.165) is 0 Å². The van der Waals surface area contributed by atoms with Crippen LogP contribution in [0.15, 0.2) is 12.5 Å². The maximum absolute atomic E-state index is 9.82. The number of anilines is 1. The van der Waals surface area contributed by atoms with Crippen molar-refractivity contribution in [3.63, 3.8) is 0 Å². The first-order valence-electron chi connectivity index (χ1n) is 6.04. The Bertz CT molecular complexity index is 587. The second kappa shape index (κ2) is 4.72. The molecule has 0 radical (unpaired) electrons. The van der Waals surface area contributed by atoms with Crippen molar-refractivity contribution in [3.05, 3.63) is 12.5 Å². The Balaban J connectivity index is 2.04. The van der Waals surface area contributed by atoms with Crippen molar-refractivity contribution >= 4 is 17.1 Å². The summed E-state index contributed by atoms with van der Waals surface area (Å²) in [5, 5.41) is 21.9. The third kappa shape index (κ3) is 1.93. The van der Waals surface area contributed by atoms with Gasteiger partial charge in [-0.15, -0.1) is 0 Å². The maximum Gasteiger partial charge on any atom is 0.207 e. The topological polar surface area (TPSA) is 105 Å². The SMILES string of the molecule is CNc1nc2cncnc2n1[C@@H]1C[C@@H](O)[C@H](CO)O1. The number of nitrogens with one attached hydrogen (secondary N) is 1. The van der Waals surface area contributed by atoms with Crippen LogP contribution in [0.4, 0.5) is 5.95 Å². The molecule has 0 amide bonds. The predicted octanol–water partition coefficient (Wildman–Crippen LogP) is -0.491. The number of hydrogen-bond acceptors (Lipinski definition) is 7. The number of aliphatic hydroxyl groups is 2. The predicted molar refractivity (Wildman–Crippen MR) is 66.5 cm³/mol. The zero-order valence-electron chi connectivity index (χ0n) is 10.4. The highest BCUT2D eigenvalue weighted by atomic mass is 16.5. The molecule has 0 saturated carbocycles. The number of hydrogen-bond donors (Lipinski definition) is 3. The van der Waals surface area contributed by atoms with Crippen LogP contribution in [0.3, 0.4) is 0 Å². The molecule has 8 nitrogen and oxygen atoms in total. The molecule has 3 rings (SSSR count). The van der Waals surface area contributed by atoms with Gasteiger partial charge in [0, 0.05) is 13.5 Å². The fourth-order valence-electron chi connectivity index (χ4n) is 2.34. The molecular weight excluding hydrogens is 250 g/mol. The summed E-state index contributed by atoms with van der Waals surface area (Å²) in [7, 11) is 1.75. The highest BCUT2D eigenvalue weighted by Crippen LogP contribution is 2.33. The Morgan fingerprint density at radius 2 is 2.42 bits per heavy atom. The molecular formula is C11H15N5O3. The minimum atomic E-state index is -0.695. The Hall–Kier alpha value is -1.77. The third-order valence-electron chi connectivity index (χ3n) is 3.25. The van der Waals surface area contributed by atoms with Gasteiger partial charge in [-0.1, -0.05) is 0 Å². The first-order valence-corrected chi connectivity index (χ1v) is 6.04. The summed E-state index contributed by atoms with van der Waals surface area (Å²) in [6.07, 6.45) is 1.77. The van der Waals surface area contributed by atoms with Crippen LogP contribution < -0.4 is 5.32 Å². The van der Waals surface area contributed by atoms with Crippen molar-refractivity contribution in [2.75, 3.05) is 19.0 Å². The van der Waals surface area contributed by atoms with Gasteiger partial charge in [0.05, 0.1) is 18.9 Å². The largest absolute Gasteiger partial charge is 0.394 e. The Morgan fingerprint density at radius 1 is 1.58 bits per heavy atom. The fraction of sp³-hybridized carbons (Fsp3) is 0.545. The molecule has 3 N–H and O–H groups in total. The molecule has 1 aliphatic heterocycles. The van der Waals surface area contributed by atoms with Crippen LogP contribution in [0.1, 0.15) is 12.6 Å². The highest BCUT2D eigenvalue weighted by Gasteiger charge is 2.36. The molecule has 0 unspecified atom stereocenters. The van der Waals surface area contributed by atoms with Crippen molar-refractivity contribution in [1.82, 2.24) is 19.5 Å². The van der Waals surface area contributed by atoms with E-state index in [9.17, 15) is 5.11 Å². The lowest BCUT2D eigenvalue weighted by Gasteiger charge is -2.16. The van der Waals surface area contributed by atoms with Gasteiger partial charge in [0.15, 0.2) is 5.65 Å². The first-order chi connectivity index (χ1) is 9.24. The third-order valence-corrected chi connectivity index (χ3v) is 3.25. The van der Waals surface area contributed by atoms with Gasteiger partial charge in [0.1, 0.15) is 24.2 Å². The van der Waals surface area contributed by atoms with Gasteiger partial charge >= 0.3 is 0 Å². The van der Waals surface area contributed by atoms with Crippen molar-refractivity contribution in [3.8, 4) is 0 Å². The lowest BCUT2D eigenvalue weighted by Crippen LogP contribution is -2.24. The highest BCUT2D eigenvalue weighted by molar-refractivity contribution is 5.73. The molecule has 2 aromatic heterocycles. The summed E-state index contributed by atoms with van der Waals surface area (Å²) in [5.41, 5.74) is 1.28. The number of imidazole rings is 1. The number of fused-ring (bicyclic) bond motifs is 1. The van der Waals surface area contributed by atoms with Crippen molar-refractivity contribution in [1.29, 1.82) is 0 Å². The number of nitrogens with zero attached hydrogens (tertiary/aromatic N) is 4.